The predicted octanol–water partition coefficient (Wildman–Crippen LogP) is 1.51. The Hall–Kier alpha value is -1.75. The topological polar surface area (TPSA) is 78.6 Å². The Kier molecular flexibility index (Phi) is 3.30. The van der Waals surface area contributed by atoms with E-state index in [-0.39, 0.29) is 5.56 Å². The lowest BCUT2D eigenvalue weighted by atomic mass is 10.2. The van der Waals surface area contributed by atoms with E-state index in [9.17, 15) is 9.59 Å². The van der Waals surface area contributed by atoms with Crippen molar-refractivity contribution in [1.82, 2.24) is 0 Å². The van der Waals surface area contributed by atoms with Crippen molar-refractivity contribution in [3.63, 3.8) is 0 Å². The van der Waals surface area contributed by atoms with Gasteiger partial charge in [0, 0.05) is 5.02 Å². The quantitative estimate of drug-likeness (QED) is 0.569. The lowest BCUT2D eigenvalue weighted by Crippen LogP contribution is -2.16. The zero-order valence-corrected chi connectivity index (χ0v) is 7.65. The zero-order valence-electron chi connectivity index (χ0n) is 6.90. The molecule has 0 radical (unpaired) electrons. The molecule has 0 saturated carbocycles. The fraction of sp³-hybridized carbons (Fsp3) is 0. The fourth-order valence-electron chi connectivity index (χ4n) is 0.713. The summed E-state index contributed by atoms with van der Waals surface area (Å²) < 4.78 is 0. The van der Waals surface area contributed by atoms with Crippen molar-refractivity contribution >= 4 is 23.7 Å². The lowest BCUT2D eigenvalue weighted by molar-refractivity contribution is -0.180. The van der Waals surface area contributed by atoms with Crippen LogP contribution in [-0.4, -0.2) is 12.1 Å². The molecule has 1 aromatic rings. The van der Waals surface area contributed by atoms with E-state index in [2.05, 4.69) is 15.5 Å². The molecule has 1 rings (SSSR count). The molecule has 5 nitrogen and oxygen atoms in total. The molecule has 0 aromatic heterocycles. The monoisotopic (exact) mass is 215 g/mol. The van der Waals surface area contributed by atoms with Gasteiger partial charge in [-0.3, -0.25) is 0 Å². The van der Waals surface area contributed by atoms with Gasteiger partial charge in [-0.15, -0.1) is 0 Å². The second kappa shape index (κ2) is 4.48. The van der Waals surface area contributed by atoms with Crippen LogP contribution in [0.2, 0.25) is 5.02 Å². The third-order valence-corrected chi connectivity index (χ3v) is 1.53. The highest BCUT2D eigenvalue weighted by molar-refractivity contribution is 6.30. The van der Waals surface area contributed by atoms with Gasteiger partial charge in [-0.05, 0) is 24.3 Å². The Morgan fingerprint density at radius 3 is 2.21 bits per heavy atom. The van der Waals surface area contributed by atoms with Gasteiger partial charge in [0.2, 0.25) is 0 Å². The smallest absolute Gasteiger partial charge is 0.332 e. The fourth-order valence-corrected chi connectivity index (χ4v) is 0.839. The Balaban J connectivity index is 2.61. The van der Waals surface area contributed by atoms with Crippen LogP contribution >= 0.6 is 11.6 Å². The molecule has 6 heteroatoms. The summed E-state index contributed by atoms with van der Waals surface area (Å²) in [6, 6.07) is 5.86. The van der Waals surface area contributed by atoms with Gasteiger partial charge in [-0.25, -0.2) is 19.4 Å². The van der Waals surface area contributed by atoms with Gasteiger partial charge in [0.1, 0.15) is 0 Å². The first kappa shape index (κ1) is 10.3. The summed E-state index contributed by atoms with van der Waals surface area (Å²) in [6.45, 7) is 0. The van der Waals surface area contributed by atoms with Crippen LogP contribution in [0, 0.1) is 0 Å². The van der Waals surface area contributed by atoms with Gasteiger partial charge in [-0.2, -0.15) is 0 Å². The Labute approximate surface area is 84.3 Å². The molecular formula is C8H6ClNO4. The second-order valence-corrected chi connectivity index (χ2v) is 2.72. The molecule has 74 valence electrons. The molecule has 0 spiro atoms. The maximum Gasteiger partial charge on any atom is 0.447 e. The predicted molar refractivity (Wildman–Crippen MR) is 47.5 cm³/mol. The number of benzene rings is 1. The Morgan fingerprint density at radius 1 is 1.14 bits per heavy atom. The highest BCUT2D eigenvalue weighted by Gasteiger charge is 2.09. The maximum absolute atomic E-state index is 11.1. The molecule has 0 bridgehead atoms. The summed E-state index contributed by atoms with van der Waals surface area (Å²) in [6.07, 6.45) is -1.19. The van der Waals surface area contributed by atoms with E-state index in [0.29, 0.717) is 5.02 Å². The molecule has 0 aliphatic heterocycles. The molecule has 2 N–H and O–H groups in total. The van der Waals surface area contributed by atoms with Crippen molar-refractivity contribution in [2.24, 2.45) is 5.73 Å². The molecule has 0 aliphatic carbocycles. The van der Waals surface area contributed by atoms with Gasteiger partial charge in [0.25, 0.3) is 0 Å². The third-order valence-electron chi connectivity index (χ3n) is 1.28. The number of carbonyl (C=O) groups is 2. The van der Waals surface area contributed by atoms with Crippen LogP contribution in [0.25, 0.3) is 0 Å². The molecule has 14 heavy (non-hydrogen) atoms. The number of nitrogens with two attached hydrogens (primary N) is 1. The van der Waals surface area contributed by atoms with Crippen molar-refractivity contribution in [2.45, 2.75) is 0 Å². The molecule has 0 saturated heterocycles. The van der Waals surface area contributed by atoms with E-state index in [4.69, 9.17) is 11.6 Å². The molecule has 1 amide bonds. The maximum atomic E-state index is 11.1. The van der Waals surface area contributed by atoms with E-state index < -0.39 is 12.1 Å². The first-order chi connectivity index (χ1) is 6.59. The zero-order chi connectivity index (χ0) is 10.6. The van der Waals surface area contributed by atoms with Gasteiger partial charge in [0.05, 0.1) is 5.56 Å². The van der Waals surface area contributed by atoms with E-state index in [1.165, 1.54) is 24.3 Å². The summed E-state index contributed by atoms with van der Waals surface area (Å²) in [5.74, 6) is -0.819. The molecule has 0 heterocycles. The average molecular weight is 216 g/mol. The van der Waals surface area contributed by atoms with E-state index in [0.717, 1.165) is 0 Å². The van der Waals surface area contributed by atoms with Crippen LogP contribution in [-0.2, 0) is 9.78 Å². The highest BCUT2D eigenvalue weighted by Crippen LogP contribution is 2.10. The van der Waals surface area contributed by atoms with Crippen molar-refractivity contribution in [2.75, 3.05) is 0 Å². The standard InChI is InChI=1S/C8H6ClNO4/c9-6-3-1-5(2-4-6)7(11)13-14-8(10)12/h1-4H,(H2,10,12). The number of primary amides is 1. The number of carbonyl (C=O) groups excluding carboxylic acids is 2. The minimum absolute atomic E-state index is 0.204. The van der Waals surface area contributed by atoms with Crippen LogP contribution in [0.5, 0.6) is 0 Å². The average Bonchev–Trinajstić information content (AvgIpc) is 2.15. The Morgan fingerprint density at radius 2 is 1.71 bits per heavy atom. The van der Waals surface area contributed by atoms with Gasteiger partial charge < -0.3 is 5.73 Å². The van der Waals surface area contributed by atoms with Crippen LogP contribution in [0.1, 0.15) is 10.4 Å². The SMILES string of the molecule is NC(=O)OOC(=O)c1ccc(Cl)cc1. The Bertz CT molecular complexity index is 349. The van der Waals surface area contributed by atoms with Gasteiger partial charge >= 0.3 is 12.1 Å². The van der Waals surface area contributed by atoms with Crippen LogP contribution < -0.4 is 5.73 Å². The number of hydrogen-bond acceptors (Lipinski definition) is 4. The largest absolute Gasteiger partial charge is 0.447 e. The van der Waals surface area contributed by atoms with Crippen LogP contribution in [0.15, 0.2) is 24.3 Å². The molecule has 0 atom stereocenters. The third kappa shape index (κ3) is 2.95. The first-order valence-corrected chi connectivity index (χ1v) is 3.91. The second-order valence-electron chi connectivity index (χ2n) is 2.28. The van der Waals surface area contributed by atoms with E-state index in [1.807, 2.05) is 0 Å². The molecule has 1 aromatic carbocycles. The summed E-state index contributed by atoms with van der Waals surface area (Å²) in [4.78, 5) is 29.1. The van der Waals surface area contributed by atoms with Crippen molar-refractivity contribution < 1.29 is 19.4 Å². The minimum atomic E-state index is -1.19. The lowest BCUT2D eigenvalue weighted by Gasteiger charge is -1.99. The number of rotatable bonds is 1. The summed E-state index contributed by atoms with van der Waals surface area (Å²) in [5, 5.41) is 0.484. The molecular weight excluding hydrogens is 210 g/mol. The summed E-state index contributed by atoms with van der Waals surface area (Å²) >= 11 is 5.59. The van der Waals surface area contributed by atoms with Crippen LogP contribution in [0.4, 0.5) is 4.79 Å². The van der Waals surface area contributed by atoms with Gasteiger partial charge in [-0.1, -0.05) is 11.6 Å². The molecule has 0 fully saturated rings. The minimum Gasteiger partial charge on any atom is -0.332 e. The van der Waals surface area contributed by atoms with Gasteiger partial charge in [0.15, 0.2) is 0 Å². The molecule has 0 aliphatic rings. The summed E-state index contributed by atoms with van der Waals surface area (Å²) in [5.41, 5.74) is 4.79. The normalized spacial score (nSPS) is 9.21. The van der Waals surface area contributed by atoms with Crippen molar-refractivity contribution in [1.29, 1.82) is 0 Å². The highest BCUT2D eigenvalue weighted by atomic mass is 35.5. The van der Waals surface area contributed by atoms with Crippen LogP contribution in [0.3, 0.4) is 0 Å². The van der Waals surface area contributed by atoms with E-state index in [1.54, 1.807) is 0 Å². The van der Waals surface area contributed by atoms with Crippen molar-refractivity contribution in [3.8, 4) is 0 Å². The molecule has 0 unspecified atom stereocenters. The number of amides is 1. The van der Waals surface area contributed by atoms with Crippen molar-refractivity contribution in [3.05, 3.63) is 34.9 Å². The number of halogens is 1. The summed E-state index contributed by atoms with van der Waals surface area (Å²) in [7, 11) is 0. The first-order valence-electron chi connectivity index (χ1n) is 3.53. The number of hydrogen-bond donors (Lipinski definition) is 1. The van der Waals surface area contributed by atoms with E-state index >= 15 is 0 Å².